The van der Waals surface area contributed by atoms with Gasteiger partial charge in [0.1, 0.15) is 0 Å². The summed E-state index contributed by atoms with van der Waals surface area (Å²) in [6.07, 6.45) is 1.77. The van der Waals surface area contributed by atoms with Crippen molar-refractivity contribution < 1.29 is 9.21 Å². The largest absolute Gasteiger partial charge is 0.439 e. The first-order valence-electron chi connectivity index (χ1n) is 7.82. The highest BCUT2D eigenvalue weighted by molar-refractivity contribution is 5.73. The third-order valence-electron chi connectivity index (χ3n) is 4.00. The number of benzene rings is 1. The van der Waals surface area contributed by atoms with Crippen LogP contribution in [0.3, 0.4) is 0 Å². The molecule has 1 aromatic carbocycles. The fraction of sp³-hybridized carbons (Fsp3) is 0.412. The van der Waals surface area contributed by atoms with Crippen LogP contribution in [0.5, 0.6) is 0 Å². The fourth-order valence-electron chi connectivity index (χ4n) is 2.69. The molecule has 0 saturated carbocycles. The van der Waals surface area contributed by atoms with E-state index >= 15 is 0 Å². The van der Waals surface area contributed by atoms with Gasteiger partial charge in [0.2, 0.25) is 5.89 Å². The van der Waals surface area contributed by atoms with E-state index in [1.54, 1.807) is 25.2 Å². The van der Waals surface area contributed by atoms with Crippen LogP contribution in [0.4, 0.5) is 4.79 Å². The molecule has 0 N–H and O–H groups in total. The van der Waals surface area contributed by atoms with Gasteiger partial charge in [0.15, 0.2) is 5.76 Å². The molecule has 0 bridgehead atoms. The molecule has 0 radical (unpaired) electrons. The Morgan fingerprint density at radius 2 is 1.87 bits per heavy atom. The first-order chi connectivity index (χ1) is 11.1. The molecule has 3 rings (SSSR count). The smallest absolute Gasteiger partial charge is 0.319 e. The molecule has 1 fully saturated rings. The van der Waals surface area contributed by atoms with E-state index in [1.165, 1.54) is 0 Å². The molecule has 0 spiro atoms. The number of oxazole rings is 1. The lowest BCUT2D eigenvalue weighted by Crippen LogP contribution is -2.51. The number of piperazine rings is 1. The van der Waals surface area contributed by atoms with Gasteiger partial charge < -0.3 is 14.2 Å². The second-order valence-corrected chi connectivity index (χ2v) is 5.92. The van der Waals surface area contributed by atoms with Gasteiger partial charge in [-0.1, -0.05) is 30.3 Å². The maximum atomic E-state index is 11.9. The van der Waals surface area contributed by atoms with Crippen LogP contribution in [0.25, 0.3) is 11.3 Å². The second kappa shape index (κ2) is 6.83. The average molecular weight is 314 g/mol. The van der Waals surface area contributed by atoms with E-state index in [-0.39, 0.29) is 6.03 Å². The summed E-state index contributed by atoms with van der Waals surface area (Å²) >= 11 is 0. The van der Waals surface area contributed by atoms with Crippen LogP contribution < -0.4 is 0 Å². The molecule has 1 saturated heterocycles. The molecule has 0 unspecified atom stereocenters. The van der Waals surface area contributed by atoms with Gasteiger partial charge in [-0.15, -0.1) is 0 Å². The number of amides is 2. The normalized spacial score (nSPS) is 15.7. The molecule has 1 aliphatic heterocycles. The Hall–Kier alpha value is -2.34. The molecule has 2 heterocycles. The summed E-state index contributed by atoms with van der Waals surface area (Å²) in [4.78, 5) is 22.1. The van der Waals surface area contributed by atoms with Crippen LogP contribution >= 0.6 is 0 Å². The number of aromatic nitrogens is 1. The molecule has 6 nitrogen and oxygen atoms in total. The summed E-state index contributed by atoms with van der Waals surface area (Å²) in [5.41, 5.74) is 1.03. The van der Waals surface area contributed by atoms with Gasteiger partial charge in [-0.25, -0.2) is 9.78 Å². The van der Waals surface area contributed by atoms with Crippen LogP contribution in [0.1, 0.15) is 5.89 Å². The van der Waals surface area contributed by atoms with E-state index in [0.29, 0.717) is 6.54 Å². The lowest BCUT2D eigenvalue weighted by Gasteiger charge is -2.35. The Morgan fingerprint density at radius 3 is 2.52 bits per heavy atom. The number of nitrogens with zero attached hydrogens (tertiary/aromatic N) is 4. The monoisotopic (exact) mass is 314 g/mol. The van der Waals surface area contributed by atoms with E-state index in [2.05, 4.69) is 9.88 Å². The van der Waals surface area contributed by atoms with E-state index in [0.717, 1.165) is 43.4 Å². The van der Waals surface area contributed by atoms with Gasteiger partial charge in [0, 0.05) is 45.8 Å². The van der Waals surface area contributed by atoms with Crippen molar-refractivity contribution in [1.29, 1.82) is 0 Å². The summed E-state index contributed by atoms with van der Waals surface area (Å²) in [5, 5.41) is 0. The summed E-state index contributed by atoms with van der Waals surface area (Å²) in [6, 6.07) is 10.0. The Morgan fingerprint density at radius 1 is 1.17 bits per heavy atom. The molecule has 2 aromatic rings. The van der Waals surface area contributed by atoms with Gasteiger partial charge in [-0.3, -0.25) is 4.90 Å². The van der Waals surface area contributed by atoms with Gasteiger partial charge in [-0.05, 0) is 0 Å². The number of rotatable bonds is 3. The molecule has 1 aliphatic rings. The highest BCUT2D eigenvalue weighted by Crippen LogP contribution is 2.20. The highest BCUT2D eigenvalue weighted by atomic mass is 16.4. The Balaban J connectivity index is 1.55. The Bertz CT molecular complexity index is 646. The first kappa shape index (κ1) is 15.6. The molecule has 23 heavy (non-hydrogen) atoms. The predicted molar refractivity (Wildman–Crippen MR) is 87.9 cm³/mol. The topological polar surface area (TPSA) is 52.8 Å². The molecule has 1 aromatic heterocycles. The fourth-order valence-corrected chi connectivity index (χ4v) is 2.69. The maximum Gasteiger partial charge on any atom is 0.319 e. The number of hydrogen-bond acceptors (Lipinski definition) is 4. The zero-order chi connectivity index (χ0) is 16.2. The quantitative estimate of drug-likeness (QED) is 0.871. The molecule has 2 amide bonds. The van der Waals surface area contributed by atoms with Crippen molar-refractivity contribution in [2.75, 3.05) is 40.3 Å². The minimum Gasteiger partial charge on any atom is -0.439 e. The third-order valence-corrected chi connectivity index (χ3v) is 4.00. The van der Waals surface area contributed by atoms with Crippen molar-refractivity contribution >= 4 is 6.03 Å². The molecule has 6 heteroatoms. The molecular weight excluding hydrogens is 292 g/mol. The lowest BCUT2D eigenvalue weighted by molar-refractivity contribution is 0.115. The average Bonchev–Trinajstić information content (AvgIpc) is 3.04. The van der Waals surface area contributed by atoms with Crippen molar-refractivity contribution in [3.8, 4) is 11.3 Å². The van der Waals surface area contributed by atoms with Crippen molar-refractivity contribution in [2.24, 2.45) is 0 Å². The van der Waals surface area contributed by atoms with Crippen LogP contribution in [0, 0.1) is 0 Å². The molecule has 122 valence electrons. The van der Waals surface area contributed by atoms with Gasteiger partial charge in [0.05, 0.1) is 12.7 Å². The molecule has 0 atom stereocenters. The number of carbonyl (C=O) groups excluding carboxylic acids is 1. The standard InChI is InChI=1S/C17H22N4O2/c1-19(2)17(22)21-10-8-20(9-11-21)13-16-18-12-15(23-16)14-6-4-3-5-7-14/h3-7,12H,8-11,13H2,1-2H3. The zero-order valence-electron chi connectivity index (χ0n) is 13.6. The zero-order valence-corrected chi connectivity index (χ0v) is 13.6. The van der Waals surface area contributed by atoms with Gasteiger partial charge >= 0.3 is 6.03 Å². The van der Waals surface area contributed by atoms with Gasteiger partial charge in [0.25, 0.3) is 0 Å². The third kappa shape index (κ3) is 3.71. The van der Waals surface area contributed by atoms with Crippen molar-refractivity contribution in [1.82, 2.24) is 19.7 Å². The number of hydrogen-bond donors (Lipinski definition) is 0. The summed E-state index contributed by atoms with van der Waals surface area (Å²) in [7, 11) is 3.57. The summed E-state index contributed by atoms with van der Waals surface area (Å²) < 4.78 is 5.84. The van der Waals surface area contributed by atoms with Crippen LogP contribution in [-0.4, -0.2) is 66.0 Å². The van der Waals surface area contributed by atoms with Crippen LogP contribution in [0.2, 0.25) is 0 Å². The second-order valence-electron chi connectivity index (χ2n) is 5.92. The minimum atomic E-state index is 0.0761. The Kier molecular flexibility index (Phi) is 4.62. The number of carbonyl (C=O) groups is 1. The van der Waals surface area contributed by atoms with Crippen molar-refractivity contribution in [3.63, 3.8) is 0 Å². The highest BCUT2D eigenvalue weighted by Gasteiger charge is 2.23. The van der Waals surface area contributed by atoms with E-state index in [4.69, 9.17) is 4.42 Å². The van der Waals surface area contributed by atoms with E-state index in [1.807, 2.05) is 35.2 Å². The van der Waals surface area contributed by atoms with Crippen LogP contribution in [0.15, 0.2) is 40.9 Å². The van der Waals surface area contributed by atoms with Crippen molar-refractivity contribution in [3.05, 3.63) is 42.4 Å². The van der Waals surface area contributed by atoms with E-state index in [9.17, 15) is 4.79 Å². The summed E-state index contributed by atoms with van der Waals surface area (Å²) in [6.45, 7) is 3.83. The summed E-state index contributed by atoms with van der Waals surface area (Å²) in [5.74, 6) is 1.51. The SMILES string of the molecule is CN(C)C(=O)N1CCN(Cc2ncc(-c3ccccc3)o2)CC1. The molecular formula is C17H22N4O2. The van der Waals surface area contributed by atoms with E-state index < -0.39 is 0 Å². The Labute approximate surface area is 136 Å². The van der Waals surface area contributed by atoms with Crippen molar-refractivity contribution in [2.45, 2.75) is 6.54 Å². The first-order valence-corrected chi connectivity index (χ1v) is 7.82. The molecule has 0 aliphatic carbocycles. The minimum absolute atomic E-state index is 0.0761. The predicted octanol–water partition coefficient (Wildman–Crippen LogP) is 2.14. The van der Waals surface area contributed by atoms with Crippen LogP contribution in [-0.2, 0) is 6.54 Å². The number of urea groups is 1. The maximum absolute atomic E-state index is 11.9. The lowest BCUT2D eigenvalue weighted by atomic mass is 10.2. The van der Waals surface area contributed by atoms with Gasteiger partial charge in [-0.2, -0.15) is 0 Å².